The Balaban J connectivity index is 1.55. The third-order valence-electron chi connectivity index (χ3n) is 4.04. The molecular weight excluding hydrogens is 403 g/mol. The minimum atomic E-state index is 0.508. The van der Waals surface area contributed by atoms with Gasteiger partial charge in [-0.1, -0.05) is 29.3 Å². The van der Waals surface area contributed by atoms with Crippen LogP contribution in [0, 0.1) is 6.92 Å². The van der Waals surface area contributed by atoms with Gasteiger partial charge in [-0.15, -0.1) is 0 Å². The second kappa shape index (κ2) is 8.73. The summed E-state index contributed by atoms with van der Waals surface area (Å²) in [5.74, 6) is 0.665. The average molecular weight is 423 g/mol. The monoisotopic (exact) mass is 422 g/mol. The van der Waals surface area contributed by atoms with Crippen molar-refractivity contribution in [1.82, 2.24) is 24.9 Å². The van der Waals surface area contributed by atoms with Crippen LogP contribution in [-0.4, -0.2) is 24.7 Å². The molecule has 0 fully saturated rings. The summed E-state index contributed by atoms with van der Waals surface area (Å²) < 4.78 is 3.70. The number of benzene rings is 1. The van der Waals surface area contributed by atoms with Crippen molar-refractivity contribution in [3.8, 4) is 0 Å². The number of nitrogens with one attached hydrogen (secondary N) is 2. The molecule has 3 rings (SSSR count). The van der Waals surface area contributed by atoms with Gasteiger partial charge < -0.3 is 10.6 Å². The van der Waals surface area contributed by atoms with Crippen LogP contribution in [-0.2, 0) is 19.6 Å². The van der Waals surface area contributed by atoms with E-state index in [0.29, 0.717) is 34.1 Å². The van der Waals surface area contributed by atoms with Crippen LogP contribution in [0.15, 0.2) is 36.7 Å². The number of thiocarbonyl (C=S) groups is 1. The van der Waals surface area contributed by atoms with Crippen LogP contribution in [0.1, 0.15) is 23.7 Å². The van der Waals surface area contributed by atoms with Crippen molar-refractivity contribution in [1.29, 1.82) is 0 Å². The summed E-state index contributed by atoms with van der Waals surface area (Å²) in [6.45, 7) is 6.05. The summed E-state index contributed by atoms with van der Waals surface area (Å²) in [6, 6.07) is 7.29. The van der Waals surface area contributed by atoms with E-state index in [1.54, 1.807) is 10.7 Å². The molecule has 0 atom stereocenters. The summed E-state index contributed by atoms with van der Waals surface area (Å²) >= 11 is 17.5. The number of anilines is 1. The van der Waals surface area contributed by atoms with Crippen LogP contribution < -0.4 is 10.6 Å². The quantitative estimate of drug-likeness (QED) is 0.581. The van der Waals surface area contributed by atoms with Crippen molar-refractivity contribution < 1.29 is 0 Å². The predicted molar refractivity (Wildman–Crippen MR) is 113 cm³/mol. The Bertz CT molecular complexity index is 949. The maximum Gasteiger partial charge on any atom is 0.172 e. The maximum atomic E-state index is 6.22. The van der Waals surface area contributed by atoms with Crippen molar-refractivity contribution in [2.45, 2.75) is 33.5 Å². The SMILES string of the molecule is CCn1cc(CNC(=S)Nc2ccn(Cc3ccc(Cl)cc3Cl)n2)c(C)n1. The minimum absolute atomic E-state index is 0.508. The third-order valence-corrected chi connectivity index (χ3v) is 4.87. The molecule has 9 heteroatoms. The van der Waals surface area contributed by atoms with Gasteiger partial charge in [0, 0.05) is 47.2 Å². The molecule has 6 nitrogen and oxygen atoms in total. The number of aryl methyl sites for hydroxylation is 2. The highest BCUT2D eigenvalue weighted by Crippen LogP contribution is 2.21. The lowest BCUT2D eigenvalue weighted by Crippen LogP contribution is -2.28. The highest BCUT2D eigenvalue weighted by molar-refractivity contribution is 7.80. The Morgan fingerprint density at radius 3 is 2.67 bits per heavy atom. The van der Waals surface area contributed by atoms with Gasteiger partial charge in [0.15, 0.2) is 10.9 Å². The summed E-state index contributed by atoms with van der Waals surface area (Å²) in [6.07, 6.45) is 3.89. The smallest absolute Gasteiger partial charge is 0.172 e. The van der Waals surface area contributed by atoms with E-state index in [-0.39, 0.29) is 0 Å². The van der Waals surface area contributed by atoms with Gasteiger partial charge in [-0.3, -0.25) is 9.36 Å². The first kappa shape index (κ1) is 19.7. The lowest BCUT2D eigenvalue weighted by atomic mass is 10.2. The van der Waals surface area contributed by atoms with Crippen LogP contribution in [0.2, 0.25) is 10.0 Å². The molecule has 0 amide bonds. The Morgan fingerprint density at radius 2 is 1.96 bits per heavy atom. The molecule has 0 aliphatic carbocycles. The standard InChI is InChI=1S/C18H20Cl2N6S/c1-3-25-11-14(12(2)23-25)9-21-18(27)22-17-6-7-26(24-17)10-13-4-5-15(19)8-16(13)20/h4-8,11H,3,9-10H2,1-2H3,(H2,21,22,24,27). The maximum absolute atomic E-state index is 6.22. The van der Waals surface area contributed by atoms with Crippen molar-refractivity contribution in [3.63, 3.8) is 0 Å². The number of hydrogen-bond acceptors (Lipinski definition) is 3. The molecule has 3 aromatic rings. The van der Waals surface area contributed by atoms with Crippen LogP contribution in [0.5, 0.6) is 0 Å². The molecule has 1 aromatic carbocycles. The van der Waals surface area contributed by atoms with Crippen molar-refractivity contribution >= 4 is 46.4 Å². The normalized spacial score (nSPS) is 10.8. The van der Waals surface area contributed by atoms with Crippen LogP contribution in [0.3, 0.4) is 0 Å². The number of aromatic nitrogens is 4. The zero-order valence-electron chi connectivity index (χ0n) is 15.0. The lowest BCUT2D eigenvalue weighted by Gasteiger charge is -2.08. The van der Waals surface area contributed by atoms with Crippen molar-refractivity contribution in [3.05, 3.63) is 63.5 Å². The number of nitrogens with zero attached hydrogens (tertiary/aromatic N) is 4. The van der Waals surface area contributed by atoms with E-state index < -0.39 is 0 Å². The molecule has 2 heterocycles. The predicted octanol–water partition coefficient (Wildman–Crippen LogP) is 4.25. The molecule has 142 valence electrons. The number of halogens is 2. The summed E-state index contributed by atoms with van der Waals surface area (Å²) in [5, 5.41) is 16.9. The first-order chi connectivity index (χ1) is 12.9. The van der Waals surface area contributed by atoms with Gasteiger partial charge in [-0.05, 0) is 43.8 Å². The van der Waals surface area contributed by atoms with Crippen LogP contribution >= 0.6 is 35.4 Å². The fraction of sp³-hybridized carbons (Fsp3) is 0.278. The molecule has 0 unspecified atom stereocenters. The first-order valence-electron chi connectivity index (χ1n) is 8.49. The first-order valence-corrected chi connectivity index (χ1v) is 9.66. The molecule has 0 spiro atoms. The van der Waals surface area contributed by atoms with E-state index in [9.17, 15) is 0 Å². The van der Waals surface area contributed by atoms with Gasteiger partial charge in [-0.2, -0.15) is 10.2 Å². The summed E-state index contributed by atoms with van der Waals surface area (Å²) in [7, 11) is 0. The summed E-state index contributed by atoms with van der Waals surface area (Å²) in [5.41, 5.74) is 3.06. The fourth-order valence-electron chi connectivity index (χ4n) is 2.57. The molecule has 0 radical (unpaired) electrons. The highest BCUT2D eigenvalue weighted by atomic mass is 35.5. The Morgan fingerprint density at radius 1 is 1.15 bits per heavy atom. The Kier molecular flexibility index (Phi) is 6.36. The molecule has 2 aromatic heterocycles. The molecule has 27 heavy (non-hydrogen) atoms. The summed E-state index contributed by atoms with van der Waals surface area (Å²) in [4.78, 5) is 0. The zero-order valence-corrected chi connectivity index (χ0v) is 17.4. The molecule has 0 saturated heterocycles. The molecule has 0 bridgehead atoms. The van der Waals surface area contributed by atoms with Crippen LogP contribution in [0.25, 0.3) is 0 Å². The van der Waals surface area contributed by atoms with Gasteiger partial charge >= 0.3 is 0 Å². The second-order valence-electron chi connectivity index (χ2n) is 6.04. The number of rotatable bonds is 6. The topological polar surface area (TPSA) is 59.7 Å². The van der Waals surface area contributed by atoms with Gasteiger partial charge in [0.1, 0.15) is 0 Å². The van der Waals surface area contributed by atoms with Crippen molar-refractivity contribution in [2.75, 3.05) is 5.32 Å². The molecular formula is C18H20Cl2N6S. The highest BCUT2D eigenvalue weighted by Gasteiger charge is 2.07. The van der Waals surface area contributed by atoms with E-state index in [1.165, 1.54) is 0 Å². The van der Waals surface area contributed by atoms with Crippen molar-refractivity contribution in [2.24, 2.45) is 0 Å². The van der Waals surface area contributed by atoms with Gasteiger partial charge in [0.05, 0.1) is 12.2 Å². The minimum Gasteiger partial charge on any atom is -0.358 e. The van der Waals surface area contributed by atoms with Gasteiger partial charge in [0.25, 0.3) is 0 Å². The van der Waals surface area contributed by atoms with E-state index >= 15 is 0 Å². The van der Waals surface area contributed by atoms with Gasteiger partial charge in [0.2, 0.25) is 0 Å². The molecule has 0 aliphatic heterocycles. The molecule has 0 aliphatic rings. The average Bonchev–Trinajstić information content (AvgIpc) is 3.21. The van der Waals surface area contributed by atoms with E-state index in [1.807, 2.05) is 42.2 Å². The zero-order chi connectivity index (χ0) is 19.4. The van der Waals surface area contributed by atoms with E-state index in [2.05, 4.69) is 27.8 Å². The molecule has 0 saturated carbocycles. The lowest BCUT2D eigenvalue weighted by molar-refractivity contribution is 0.653. The van der Waals surface area contributed by atoms with Crippen LogP contribution in [0.4, 0.5) is 5.82 Å². The molecule has 2 N–H and O–H groups in total. The van der Waals surface area contributed by atoms with Gasteiger partial charge in [-0.25, -0.2) is 0 Å². The largest absolute Gasteiger partial charge is 0.358 e. The number of hydrogen-bond donors (Lipinski definition) is 2. The second-order valence-corrected chi connectivity index (χ2v) is 7.29. The fourth-order valence-corrected chi connectivity index (χ4v) is 3.22. The Hall–Kier alpha value is -2.09. The third kappa shape index (κ3) is 5.22. The van der Waals surface area contributed by atoms with E-state index in [4.69, 9.17) is 35.4 Å². The Labute approximate surface area is 173 Å². The van der Waals surface area contributed by atoms with E-state index in [0.717, 1.165) is 23.4 Å².